The number of rotatable bonds is 4. The van der Waals surface area contributed by atoms with E-state index in [9.17, 15) is 5.11 Å². The number of hydrogen-bond acceptors (Lipinski definition) is 2. The Morgan fingerprint density at radius 2 is 2.00 bits per heavy atom. The Bertz CT molecular complexity index is 427. The molecule has 1 saturated carbocycles. The summed E-state index contributed by atoms with van der Waals surface area (Å²) in [5, 5.41) is 10.8. The van der Waals surface area contributed by atoms with Gasteiger partial charge in [-0.15, -0.1) is 0 Å². The van der Waals surface area contributed by atoms with Crippen molar-refractivity contribution in [2.45, 2.75) is 63.6 Å². The molecule has 0 spiro atoms. The van der Waals surface area contributed by atoms with Crippen molar-refractivity contribution in [2.75, 3.05) is 6.54 Å². The number of aliphatic hydroxyl groups is 1. The van der Waals surface area contributed by atoms with Crippen molar-refractivity contribution in [3.05, 3.63) is 35.4 Å². The van der Waals surface area contributed by atoms with E-state index in [2.05, 4.69) is 36.1 Å². The van der Waals surface area contributed by atoms with E-state index in [0.29, 0.717) is 6.04 Å². The van der Waals surface area contributed by atoms with Crippen LogP contribution in [0.5, 0.6) is 0 Å². The zero-order valence-corrected chi connectivity index (χ0v) is 11.9. The summed E-state index contributed by atoms with van der Waals surface area (Å²) in [6, 6.07) is 9.53. The molecule has 104 valence electrons. The van der Waals surface area contributed by atoms with Gasteiger partial charge in [0.1, 0.15) is 0 Å². The summed E-state index contributed by atoms with van der Waals surface area (Å²) >= 11 is 0. The summed E-state index contributed by atoms with van der Waals surface area (Å²) in [4.78, 5) is 2.59. The van der Waals surface area contributed by atoms with Crippen molar-refractivity contribution in [1.29, 1.82) is 0 Å². The van der Waals surface area contributed by atoms with Crippen molar-refractivity contribution in [3.8, 4) is 0 Å². The third-order valence-corrected chi connectivity index (χ3v) is 4.61. The Labute approximate surface area is 116 Å². The molecule has 2 aliphatic rings. The van der Waals surface area contributed by atoms with E-state index in [1.165, 1.54) is 36.8 Å². The molecular formula is C17H25NO. The fraction of sp³-hybridized carbons (Fsp3) is 0.647. The van der Waals surface area contributed by atoms with Crippen molar-refractivity contribution < 1.29 is 5.11 Å². The Hall–Kier alpha value is -0.860. The Kier molecular flexibility index (Phi) is 3.90. The van der Waals surface area contributed by atoms with E-state index in [1.54, 1.807) is 0 Å². The van der Waals surface area contributed by atoms with E-state index in [4.69, 9.17) is 0 Å². The number of aliphatic hydroxyl groups excluding tert-OH is 1. The molecule has 19 heavy (non-hydrogen) atoms. The monoisotopic (exact) mass is 259 g/mol. The van der Waals surface area contributed by atoms with Gasteiger partial charge in [-0.2, -0.15) is 0 Å². The van der Waals surface area contributed by atoms with E-state index in [0.717, 1.165) is 25.4 Å². The lowest BCUT2D eigenvalue weighted by Gasteiger charge is -2.34. The van der Waals surface area contributed by atoms with E-state index >= 15 is 0 Å². The van der Waals surface area contributed by atoms with Gasteiger partial charge in [-0.1, -0.05) is 31.2 Å². The molecule has 0 amide bonds. The van der Waals surface area contributed by atoms with Gasteiger partial charge in [0.25, 0.3) is 0 Å². The van der Waals surface area contributed by atoms with Crippen LogP contribution in [0.2, 0.25) is 0 Å². The standard InChI is InChI=1S/C17H25NO/c1-2-12-18(14-10-11-14)16-9-5-7-13-6-3-4-8-15(13)17(16)19/h3-4,6,8,14,16-17,19H,2,5,7,9-12H2,1H3. The van der Waals surface area contributed by atoms with Crippen LogP contribution in [0.1, 0.15) is 56.3 Å². The van der Waals surface area contributed by atoms with Crippen molar-refractivity contribution in [1.82, 2.24) is 4.90 Å². The van der Waals surface area contributed by atoms with Crippen LogP contribution in [0.15, 0.2) is 24.3 Å². The fourth-order valence-electron chi connectivity index (χ4n) is 3.55. The molecule has 1 aromatic carbocycles. The summed E-state index contributed by atoms with van der Waals surface area (Å²) < 4.78 is 0. The highest BCUT2D eigenvalue weighted by Crippen LogP contribution is 2.37. The van der Waals surface area contributed by atoms with Crippen molar-refractivity contribution >= 4 is 0 Å². The van der Waals surface area contributed by atoms with Crippen molar-refractivity contribution in [2.24, 2.45) is 0 Å². The van der Waals surface area contributed by atoms with Gasteiger partial charge in [0, 0.05) is 12.1 Å². The molecular weight excluding hydrogens is 234 g/mol. The van der Waals surface area contributed by atoms with Gasteiger partial charge in [0.15, 0.2) is 0 Å². The molecule has 3 rings (SSSR count). The van der Waals surface area contributed by atoms with Crippen LogP contribution in [0.3, 0.4) is 0 Å². The minimum atomic E-state index is -0.300. The number of fused-ring (bicyclic) bond motifs is 1. The molecule has 2 heteroatoms. The van der Waals surface area contributed by atoms with Gasteiger partial charge in [-0.25, -0.2) is 0 Å². The quantitative estimate of drug-likeness (QED) is 0.839. The van der Waals surface area contributed by atoms with Crippen LogP contribution < -0.4 is 0 Å². The highest BCUT2D eigenvalue weighted by atomic mass is 16.3. The van der Waals surface area contributed by atoms with Crippen LogP contribution in [0.4, 0.5) is 0 Å². The van der Waals surface area contributed by atoms with Crippen LogP contribution in [0, 0.1) is 0 Å². The van der Waals surface area contributed by atoms with E-state index in [-0.39, 0.29) is 6.10 Å². The predicted molar refractivity (Wildman–Crippen MR) is 78.1 cm³/mol. The van der Waals surface area contributed by atoms with Gasteiger partial charge in [0.2, 0.25) is 0 Å². The highest BCUT2D eigenvalue weighted by Gasteiger charge is 2.38. The second-order valence-corrected chi connectivity index (χ2v) is 6.07. The fourth-order valence-corrected chi connectivity index (χ4v) is 3.55. The molecule has 2 nitrogen and oxygen atoms in total. The first-order chi connectivity index (χ1) is 9.31. The van der Waals surface area contributed by atoms with Crippen molar-refractivity contribution in [3.63, 3.8) is 0 Å². The van der Waals surface area contributed by atoms with Crippen LogP contribution in [0.25, 0.3) is 0 Å². The average molecular weight is 259 g/mol. The summed E-state index contributed by atoms with van der Waals surface area (Å²) in [5.74, 6) is 0. The smallest absolute Gasteiger partial charge is 0.0947 e. The number of aryl methyl sites for hydroxylation is 1. The maximum atomic E-state index is 10.8. The molecule has 2 aliphatic carbocycles. The third-order valence-electron chi connectivity index (χ3n) is 4.61. The molecule has 1 aromatic rings. The molecule has 1 N–H and O–H groups in total. The first kappa shape index (κ1) is 13.1. The lowest BCUT2D eigenvalue weighted by Crippen LogP contribution is -2.41. The summed E-state index contributed by atoms with van der Waals surface area (Å²) in [7, 11) is 0. The van der Waals surface area contributed by atoms with E-state index in [1.807, 2.05) is 0 Å². The predicted octanol–water partition coefficient (Wildman–Crippen LogP) is 3.30. The third kappa shape index (κ3) is 2.70. The second-order valence-electron chi connectivity index (χ2n) is 6.07. The van der Waals surface area contributed by atoms with Gasteiger partial charge in [-0.05, 0) is 56.2 Å². The molecule has 1 fully saturated rings. The second kappa shape index (κ2) is 5.64. The SMILES string of the molecule is CCCN(C1CC1)C1CCCc2ccccc2C1O. The van der Waals surface area contributed by atoms with Gasteiger partial charge in [0.05, 0.1) is 6.10 Å². The lowest BCUT2D eigenvalue weighted by atomic mass is 9.97. The molecule has 0 bridgehead atoms. The zero-order chi connectivity index (χ0) is 13.2. The summed E-state index contributed by atoms with van der Waals surface area (Å²) in [6.07, 6.45) is 6.98. The topological polar surface area (TPSA) is 23.5 Å². The molecule has 0 aromatic heterocycles. The van der Waals surface area contributed by atoms with Gasteiger partial charge >= 0.3 is 0 Å². The molecule has 0 saturated heterocycles. The number of hydrogen-bond donors (Lipinski definition) is 1. The minimum absolute atomic E-state index is 0.300. The summed E-state index contributed by atoms with van der Waals surface area (Å²) in [5.41, 5.74) is 2.52. The first-order valence-electron chi connectivity index (χ1n) is 7.83. The van der Waals surface area contributed by atoms with Crippen LogP contribution in [-0.4, -0.2) is 28.6 Å². The van der Waals surface area contributed by atoms with Crippen LogP contribution in [-0.2, 0) is 6.42 Å². The minimum Gasteiger partial charge on any atom is -0.387 e. The Morgan fingerprint density at radius 3 is 2.74 bits per heavy atom. The molecule has 2 atom stereocenters. The van der Waals surface area contributed by atoms with E-state index < -0.39 is 0 Å². The normalized spacial score (nSPS) is 27.1. The Morgan fingerprint density at radius 1 is 1.21 bits per heavy atom. The molecule has 0 heterocycles. The first-order valence-corrected chi connectivity index (χ1v) is 7.83. The number of nitrogens with zero attached hydrogens (tertiary/aromatic N) is 1. The van der Waals surface area contributed by atoms with Crippen LogP contribution >= 0.6 is 0 Å². The molecule has 0 aliphatic heterocycles. The lowest BCUT2D eigenvalue weighted by molar-refractivity contribution is 0.0396. The highest BCUT2D eigenvalue weighted by molar-refractivity contribution is 5.31. The van der Waals surface area contributed by atoms with Gasteiger partial charge < -0.3 is 5.11 Å². The largest absolute Gasteiger partial charge is 0.387 e. The molecule has 0 radical (unpaired) electrons. The molecule has 2 unspecified atom stereocenters. The average Bonchev–Trinajstić information content (AvgIpc) is 3.26. The summed E-state index contributed by atoms with van der Waals surface area (Å²) in [6.45, 7) is 3.38. The maximum Gasteiger partial charge on any atom is 0.0947 e. The Balaban J connectivity index is 1.85. The van der Waals surface area contributed by atoms with Gasteiger partial charge in [-0.3, -0.25) is 4.90 Å². The number of benzene rings is 1. The maximum absolute atomic E-state index is 10.8. The zero-order valence-electron chi connectivity index (χ0n) is 11.9.